The highest BCUT2D eigenvalue weighted by Gasteiger charge is 2.21. The van der Waals surface area contributed by atoms with Crippen LogP contribution in [0.15, 0.2) is 15.0 Å². The van der Waals surface area contributed by atoms with E-state index in [1.54, 1.807) is 20.3 Å². The van der Waals surface area contributed by atoms with Crippen LogP contribution in [0.2, 0.25) is 0 Å². The molecule has 1 aromatic carbocycles. The van der Waals surface area contributed by atoms with Crippen molar-refractivity contribution in [1.82, 2.24) is 0 Å². The van der Waals surface area contributed by atoms with E-state index in [9.17, 15) is 5.11 Å². The van der Waals surface area contributed by atoms with Gasteiger partial charge in [-0.05, 0) is 38.3 Å². The molecule has 0 radical (unpaired) electrons. The van der Waals surface area contributed by atoms with Crippen LogP contribution >= 0.6 is 31.9 Å². The molecule has 1 N–H and O–H groups in total. The number of methoxy groups -OCH3 is 2. The van der Waals surface area contributed by atoms with Crippen molar-refractivity contribution in [2.24, 2.45) is 0 Å². The first-order valence-corrected chi connectivity index (χ1v) is 6.93. The molecule has 1 aromatic rings. The Balaban J connectivity index is 3.34. The number of aliphatic hydroxyl groups is 1. The quantitative estimate of drug-likeness (QED) is 0.852. The maximum absolute atomic E-state index is 10.2. The largest absolute Gasteiger partial charge is 0.495 e. The fourth-order valence-corrected chi connectivity index (χ4v) is 3.36. The lowest BCUT2D eigenvalue weighted by Gasteiger charge is -2.18. The van der Waals surface area contributed by atoms with Crippen LogP contribution in [0.3, 0.4) is 0 Å². The van der Waals surface area contributed by atoms with Crippen LogP contribution < -0.4 is 9.47 Å². The van der Waals surface area contributed by atoms with E-state index in [2.05, 4.69) is 31.9 Å². The molecule has 0 heterocycles. The van der Waals surface area contributed by atoms with Gasteiger partial charge in [0.2, 0.25) is 0 Å². The van der Waals surface area contributed by atoms with Gasteiger partial charge < -0.3 is 14.6 Å². The van der Waals surface area contributed by atoms with Crippen LogP contribution in [0, 0.1) is 0 Å². The van der Waals surface area contributed by atoms with Gasteiger partial charge in [-0.1, -0.05) is 13.3 Å². The van der Waals surface area contributed by atoms with E-state index in [0.717, 1.165) is 20.9 Å². The van der Waals surface area contributed by atoms with Gasteiger partial charge in [-0.15, -0.1) is 0 Å². The zero-order valence-electron chi connectivity index (χ0n) is 10.1. The van der Waals surface area contributed by atoms with Gasteiger partial charge in [0, 0.05) is 11.6 Å². The maximum Gasteiger partial charge on any atom is 0.137 e. The molecule has 0 bridgehead atoms. The third-order valence-corrected chi connectivity index (χ3v) is 4.14. The third kappa shape index (κ3) is 3.14. The minimum Gasteiger partial charge on any atom is -0.495 e. The van der Waals surface area contributed by atoms with Crippen LogP contribution in [-0.2, 0) is 0 Å². The van der Waals surface area contributed by atoms with Gasteiger partial charge >= 0.3 is 0 Å². The molecule has 17 heavy (non-hydrogen) atoms. The Hall–Kier alpha value is -0.260. The molecular weight excluding hydrogens is 352 g/mol. The van der Waals surface area contributed by atoms with Crippen molar-refractivity contribution in [3.63, 3.8) is 0 Å². The van der Waals surface area contributed by atoms with E-state index in [0.29, 0.717) is 17.9 Å². The zero-order chi connectivity index (χ0) is 13.0. The number of aliphatic hydroxyl groups excluding tert-OH is 1. The van der Waals surface area contributed by atoms with E-state index in [1.165, 1.54) is 0 Å². The molecule has 96 valence electrons. The molecule has 1 atom stereocenters. The van der Waals surface area contributed by atoms with Gasteiger partial charge in [-0.3, -0.25) is 0 Å². The first kappa shape index (κ1) is 14.8. The molecule has 0 spiro atoms. The van der Waals surface area contributed by atoms with E-state index in [-0.39, 0.29) is 0 Å². The molecule has 0 amide bonds. The topological polar surface area (TPSA) is 38.7 Å². The van der Waals surface area contributed by atoms with Crippen LogP contribution in [0.1, 0.15) is 31.4 Å². The van der Waals surface area contributed by atoms with E-state index >= 15 is 0 Å². The summed E-state index contributed by atoms with van der Waals surface area (Å²) < 4.78 is 12.0. The van der Waals surface area contributed by atoms with Crippen molar-refractivity contribution in [3.05, 3.63) is 20.6 Å². The van der Waals surface area contributed by atoms with Crippen LogP contribution in [0.25, 0.3) is 0 Å². The number of hydrogen-bond donors (Lipinski definition) is 1. The van der Waals surface area contributed by atoms with E-state index < -0.39 is 6.10 Å². The molecule has 0 aliphatic heterocycles. The van der Waals surface area contributed by atoms with Crippen molar-refractivity contribution in [1.29, 1.82) is 0 Å². The van der Waals surface area contributed by atoms with Crippen molar-refractivity contribution >= 4 is 31.9 Å². The zero-order valence-corrected chi connectivity index (χ0v) is 13.3. The Bertz CT molecular complexity index is 366. The van der Waals surface area contributed by atoms with Crippen molar-refractivity contribution in [2.45, 2.75) is 25.9 Å². The molecule has 0 fully saturated rings. The summed E-state index contributed by atoms with van der Waals surface area (Å²) in [6.07, 6.45) is 1.04. The molecule has 0 saturated heterocycles. The van der Waals surface area contributed by atoms with E-state index in [1.807, 2.05) is 6.92 Å². The Morgan fingerprint density at radius 1 is 1.18 bits per heavy atom. The third-order valence-electron chi connectivity index (χ3n) is 2.50. The standard InChI is InChI=1S/C12H16Br2O3/c1-4-5-7(15)10-11(13)8(16-2)6-9(17-3)12(10)14/h6-7,15H,4-5H2,1-3H3. The lowest BCUT2D eigenvalue weighted by Crippen LogP contribution is -2.02. The highest BCUT2D eigenvalue weighted by atomic mass is 79.9. The summed E-state index contributed by atoms with van der Waals surface area (Å²) in [5, 5.41) is 10.2. The summed E-state index contributed by atoms with van der Waals surface area (Å²) >= 11 is 6.91. The molecule has 0 aliphatic rings. The van der Waals surface area contributed by atoms with Gasteiger partial charge in [-0.2, -0.15) is 0 Å². The van der Waals surface area contributed by atoms with Crippen molar-refractivity contribution in [3.8, 4) is 11.5 Å². The SMILES string of the molecule is CCCC(O)c1c(Br)c(OC)cc(OC)c1Br. The molecule has 0 saturated carbocycles. The van der Waals surface area contributed by atoms with Gasteiger partial charge in [0.05, 0.1) is 29.3 Å². The first-order chi connectivity index (χ1) is 8.06. The van der Waals surface area contributed by atoms with Crippen LogP contribution in [0.5, 0.6) is 11.5 Å². The van der Waals surface area contributed by atoms with Gasteiger partial charge in [-0.25, -0.2) is 0 Å². The maximum atomic E-state index is 10.2. The number of rotatable bonds is 5. The number of hydrogen-bond acceptors (Lipinski definition) is 3. The Labute approximate surface area is 118 Å². The van der Waals surface area contributed by atoms with E-state index in [4.69, 9.17) is 9.47 Å². The summed E-state index contributed by atoms with van der Waals surface area (Å²) in [6.45, 7) is 2.03. The normalized spacial score (nSPS) is 12.4. The summed E-state index contributed by atoms with van der Waals surface area (Å²) in [7, 11) is 3.17. The number of halogens is 2. The van der Waals surface area contributed by atoms with Crippen LogP contribution in [-0.4, -0.2) is 19.3 Å². The predicted octanol–water partition coefficient (Wildman–Crippen LogP) is 4.06. The van der Waals surface area contributed by atoms with Gasteiger partial charge in [0.25, 0.3) is 0 Å². The Kier molecular flexibility index (Phi) is 5.76. The summed E-state index contributed by atoms with van der Waals surface area (Å²) in [5.74, 6) is 1.30. The average Bonchev–Trinajstić information content (AvgIpc) is 2.30. The molecule has 0 aromatic heterocycles. The molecule has 1 rings (SSSR count). The summed E-state index contributed by atoms with van der Waals surface area (Å²) in [4.78, 5) is 0. The second kappa shape index (κ2) is 6.61. The fourth-order valence-electron chi connectivity index (χ4n) is 1.61. The Morgan fingerprint density at radius 2 is 1.65 bits per heavy atom. The summed E-state index contributed by atoms with van der Waals surface area (Å²) in [5.41, 5.74) is 0.767. The lowest BCUT2D eigenvalue weighted by molar-refractivity contribution is 0.164. The Morgan fingerprint density at radius 3 is 2.00 bits per heavy atom. The first-order valence-electron chi connectivity index (χ1n) is 5.34. The fraction of sp³-hybridized carbons (Fsp3) is 0.500. The molecule has 5 heteroatoms. The number of ether oxygens (including phenoxy) is 2. The average molecular weight is 368 g/mol. The highest BCUT2D eigenvalue weighted by Crippen LogP contribution is 2.44. The lowest BCUT2D eigenvalue weighted by atomic mass is 10.0. The van der Waals surface area contributed by atoms with Crippen molar-refractivity contribution in [2.75, 3.05) is 14.2 Å². The molecule has 3 nitrogen and oxygen atoms in total. The van der Waals surface area contributed by atoms with Crippen molar-refractivity contribution < 1.29 is 14.6 Å². The second-order valence-corrected chi connectivity index (χ2v) is 5.21. The molecule has 0 aliphatic carbocycles. The minimum absolute atomic E-state index is 0.548. The van der Waals surface area contributed by atoms with Gasteiger partial charge in [0.15, 0.2) is 0 Å². The predicted molar refractivity (Wildman–Crippen MR) is 74.8 cm³/mol. The number of benzene rings is 1. The smallest absolute Gasteiger partial charge is 0.137 e. The monoisotopic (exact) mass is 366 g/mol. The summed E-state index contributed by atoms with van der Waals surface area (Å²) in [6, 6.07) is 1.77. The highest BCUT2D eigenvalue weighted by molar-refractivity contribution is 9.11. The second-order valence-electron chi connectivity index (χ2n) is 3.63. The molecular formula is C12H16Br2O3. The minimum atomic E-state index is -0.548. The molecule has 1 unspecified atom stereocenters. The van der Waals surface area contributed by atoms with Gasteiger partial charge in [0.1, 0.15) is 11.5 Å². The van der Waals surface area contributed by atoms with Crippen LogP contribution in [0.4, 0.5) is 0 Å².